The van der Waals surface area contributed by atoms with E-state index >= 15 is 0 Å². The number of benzene rings is 1. The van der Waals surface area contributed by atoms with Crippen LogP contribution in [0.3, 0.4) is 0 Å². The second-order valence-electron chi connectivity index (χ2n) is 4.89. The summed E-state index contributed by atoms with van der Waals surface area (Å²) >= 11 is 0. The largest absolute Gasteiger partial charge is 0.268 e. The summed E-state index contributed by atoms with van der Waals surface area (Å²) in [6.07, 6.45) is 5.59. The topological polar surface area (TPSA) is 48.0 Å². The number of aromatic nitrogens is 5. The van der Waals surface area contributed by atoms with Crippen molar-refractivity contribution < 1.29 is 0 Å². The summed E-state index contributed by atoms with van der Waals surface area (Å²) < 4.78 is 3.69. The van der Waals surface area contributed by atoms with Crippen molar-refractivity contribution in [2.24, 2.45) is 7.05 Å². The van der Waals surface area contributed by atoms with Gasteiger partial charge in [-0.1, -0.05) is 6.07 Å². The van der Waals surface area contributed by atoms with Gasteiger partial charge in [-0.2, -0.15) is 10.2 Å². The summed E-state index contributed by atoms with van der Waals surface area (Å²) in [5, 5.41) is 9.92. The Kier molecular flexibility index (Phi) is 2.18. The van der Waals surface area contributed by atoms with Crippen LogP contribution < -0.4 is 0 Å². The van der Waals surface area contributed by atoms with Crippen LogP contribution in [-0.4, -0.2) is 24.4 Å². The number of fused-ring (bicyclic) bond motifs is 2. The Morgan fingerprint density at radius 3 is 3.00 bits per heavy atom. The van der Waals surface area contributed by atoms with Crippen molar-refractivity contribution >= 4 is 16.6 Å². The molecular formula is C15H13N5. The van der Waals surface area contributed by atoms with Crippen LogP contribution in [0.25, 0.3) is 27.7 Å². The average Bonchev–Trinajstić information content (AvgIpc) is 2.98. The van der Waals surface area contributed by atoms with E-state index in [-0.39, 0.29) is 0 Å². The molecule has 5 nitrogen and oxygen atoms in total. The smallest absolute Gasteiger partial charge is 0.163 e. The van der Waals surface area contributed by atoms with Gasteiger partial charge in [-0.15, -0.1) is 0 Å². The summed E-state index contributed by atoms with van der Waals surface area (Å²) in [4.78, 5) is 4.44. The van der Waals surface area contributed by atoms with Crippen LogP contribution >= 0.6 is 0 Å². The van der Waals surface area contributed by atoms with Crippen molar-refractivity contribution in [3.63, 3.8) is 0 Å². The lowest BCUT2D eigenvalue weighted by Crippen LogP contribution is -1.89. The molecule has 98 valence electrons. The number of nitrogens with zero attached hydrogens (tertiary/aromatic N) is 5. The van der Waals surface area contributed by atoms with Crippen molar-refractivity contribution in [1.82, 2.24) is 24.4 Å². The van der Waals surface area contributed by atoms with E-state index in [4.69, 9.17) is 0 Å². The van der Waals surface area contributed by atoms with Gasteiger partial charge in [-0.25, -0.2) is 9.50 Å². The van der Waals surface area contributed by atoms with Gasteiger partial charge in [0.05, 0.1) is 17.4 Å². The molecule has 0 radical (unpaired) electrons. The Bertz CT molecular complexity index is 932. The fourth-order valence-electron chi connectivity index (χ4n) is 2.65. The molecule has 0 amide bonds. The van der Waals surface area contributed by atoms with Gasteiger partial charge in [0.25, 0.3) is 0 Å². The van der Waals surface area contributed by atoms with Gasteiger partial charge in [0, 0.05) is 30.4 Å². The van der Waals surface area contributed by atoms with E-state index in [1.54, 1.807) is 6.20 Å². The fourth-order valence-corrected chi connectivity index (χ4v) is 2.65. The highest BCUT2D eigenvalue weighted by Gasteiger charge is 2.13. The molecule has 0 N–H and O–H groups in total. The summed E-state index contributed by atoms with van der Waals surface area (Å²) in [5.41, 5.74) is 5.18. The van der Waals surface area contributed by atoms with Crippen molar-refractivity contribution in [2.45, 2.75) is 6.92 Å². The number of hydrogen-bond acceptors (Lipinski definition) is 3. The Labute approximate surface area is 115 Å². The maximum absolute atomic E-state index is 4.51. The third-order valence-electron chi connectivity index (χ3n) is 3.61. The Morgan fingerprint density at radius 1 is 1.20 bits per heavy atom. The van der Waals surface area contributed by atoms with Gasteiger partial charge in [0.2, 0.25) is 0 Å². The summed E-state index contributed by atoms with van der Waals surface area (Å²) in [7, 11) is 1.95. The van der Waals surface area contributed by atoms with Crippen LogP contribution in [0.15, 0.2) is 42.9 Å². The molecule has 4 aromatic rings. The van der Waals surface area contributed by atoms with Gasteiger partial charge >= 0.3 is 0 Å². The fraction of sp³-hybridized carbons (Fsp3) is 0.133. The molecule has 0 fully saturated rings. The van der Waals surface area contributed by atoms with Crippen LogP contribution in [0.2, 0.25) is 0 Å². The number of hydrogen-bond donors (Lipinski definition) is 0. The minimum absolute atomic E-state index is 0.883. The third-order valence-corrected chi connectivity index (χ3v) is 3.61. The van der Waals surface area contributed by atoms with Crippen molar-refractivity contribution in [3.8, 4) is 11.1 Å². The predicted octanol–water partition coefficient (Wildman–Crippen LogP) is 2.59. The second kappa shape index (κ2) is 3.90. The normalized spacial score (nSPS) is 11.5. The minimum Gasteiger partial charge on any atom is -0.268 e. The molecule has 5 heteroatoms. The highest BCUT2D eigenvalue weighted by atomic mass is 15.3. The minimum atomic E-state index is 0.883. The van der Waals surface area contributed by atoms with Gasteiger partial charge in [-0.3, -0.25) is 4.68 Å². The lowest BCUT2D eigenvalue weighted by Gasteiger charge is -2.01. The van der Waals surface area contributed by atoms with Gasteiger partial charge in [0.15, 0.2) is 5.65 Å². The van der Waals surface area contributed by atoms with Crippen LogP contribution in [0.4, 0.5) is 0 Å². The number of aryl methyl sites for hydroxylation is 2. The van der Waals surface area contributed by atoms with Crippen molar-refractivity contribution in [2.75, 3.05) is 0 Å². The Balaban J connectivity index is 2.03. The van der Waals surface area contributed by atoms with Gasteiger partial charge < -0.3 is 0 Å². The quantitative estimate of drug-likeness (QED) is 0.530. The molecule has 0 saturated heterocycles. The zero-order chi connectivity index (χ0) is 13.7. The van der Waals surface area contributed by atoms with Gasteiger partial charge in [-0.05, 0) is 30.7 Å². The van der Waals surface area contributed by atoms with E-state index in [0.29, 0.717) is 0 Å². The van der Waals surface area contributed by atoms with E-state index < -0.39 is 0 Å². The van der Waals surface area contributed by atoms with E-state index in [9.17, 15) is 0 Å². The first-order valence-corrected chi connectivity index (χ1v) is 6.46. The standard InChI is InChI=1S/C15H13N5/c1-10-14(15-16-6-3-7-20(15)18-10)11-4-5-13-12(8-11)9-17-19(13)2/h3-9H,1-2H3. The first-order valence-electron chi connectivity index (χ1n) is 6.46. The molecule has 0 aliphatic heterocycles. The molecule has 0 atom stereocenters. The molecule has 0 spiro atoms. The second-order valence-corrected chi connectivity index (χ2v) is 4.89. The summed E-state index contributed by atoms with van der Waals surface area (Å²) in [6.45, 7) is 2.01. The maximum Gasteiger partial charge on any atom is 0.163 e. The SMILES string of the molecule is Cc1nn2cccnc2c1-c1ccc2c(cnn2C)c1. The molecule has 1 aromatic carbocycles. The lowest BCUT2D eigenvalue weighted by atomic mass is 10.0. The molecule has 0 unspecified atom stereocenters. The maximum atomic E-state index is 4.51. The molecule has 0 saturated carbocycles. The van der Waals surface area contributed by atoms with Crippen LogP contribution in [0.5, 0.6) is 0 Å². The van der Waals surface area contributed by atoms with E-state index in [1.807, 2.05) is 41.6 Å². The first-order chi connectivity index (χ1) is 9.74. The number of rotatable bonds is 1. The molecule has 0 aliphatic carbocycles. The Hall–Kier alpha value is -2.69. The predicted molar refractivity (Wildman–Crippen MR) is 77.4 cm³/mol. The summed E-state index contributed by atoms with van der Waals surface area (Å²) in [6, 6.07) is 8.21. The monoisotopic (exact) mass is 263 g/mol. The van der Waals surface area contributed by atoms with E-state index in [2.05, 4.69) is 33.4 Å². The van der Waals surface area contributed by atoms with Crippen molar-refractivity contribution in [3.05, 3.63) is 48.5 Å². The zero-order valence-corrected chi connectivity index (χ0v) is 11.3. The van der Waals surface area contributed by atoms with Crippen LogP contribution in [0, 0.1) is 6.92 Å². The molecular weight excluding hydrogens is 250 g/mol. The van der Waals surface area contributed by atoms with E-state index in [0.717, 1.165) is 33.4 Å². The molecule has 3 aromatic heterocycles. The zero-order valence-electron chi connectivity index (χ0n) is 11.3. The molecule has 0 aliphatic rings. The van der Waals surface area contributed by atoms with E-state index in [1.165, 1.54) is 0 Å². The van der Waals surface area contributed by atoms with Crippen molar-refractivity contribution in [1.29, 1.82) is 0 Å². The van der Waals surface area contributed by atoms with Crippen LogP contribution in [-0.2, 0) is 7.05 Å². The summed E-state index contributed by atoms with van der Waals surface area (Å²) in [5.74, 6) is 0. The molecule has 4 rings (SSSR count). The highest BCUT2D eigenvalue weighted by Crippen LogP contribution is 2.29. The molecule has 3 heterocycles. The molecule has 20 heavy (non-hydrogen) atoms. The Morgan fingerprint density at radius 2 is 2.10 bits per heavy atom. The molecule has 0 bridgehead atoms. The van der Waals surface area contributed by atoms with Crippen LogP contribution in [0.1, 0.15) is 5.69 Å². The third kappa shape index (κ3) is 1.46. The van der Waals surface area contributed by atoms with Gasteiger partial charge in [0.1, 0.15) is 0 Å². The lowest BCUT2D eigenvalue weighted by molar-refractivity contribution is 0.797. The first kappa shape index (κ1) is 11.2. The average molecular weight is 263 g/mol. The highest BCUT2D eigenvalue weighted by molar-refractivity contribution is 5.88.